The predicted octanol–water partition coefficient (Wildman–Crippen LogP) is 5.11. The molecule has 108 valence electrons. The van der Waals surface area contributed by atoms with Gasteiger partial charge in [0, 0.05) is 10.7 Å². The van der Waals surface area contributed by atoms with Crippen molar-refractivity contribution in [2.24, 2.45) is 0 Å². The van der Waals surface area contributed by atoms with Gasteiger partial charge in [0.1, 0.15) is 5.82 Å². The van der Waals surface area contributed by atoms with E-state index in [2.05, 4.69) is 5.32 Å². The summed E-state index contributed by atoms with van der Waals surface area (Å²) in [5.74, 6) is -0.655. The summed E-state index contributed by atoms with van der Waals surface area (Å²) in [5.41, 5.74) is -1.64. The second-order valence-corrected chi connectivity index (χ2v) is 4.56. The second kappa shape index (κ2) is 5.62. The van der Waals surface area contributed by atoms with Crippen LogP contribution in [0.4, 0.5) is 28.9 Å². The van der Waals surface area contributed by atoms with E-state index >= 15 is 0 Å². The van der Waals surface area contributed by atoms with Crippen LogP contribution in [0.2, 0.25) is 5.02 Å². The summed E-state index contributed by atoms with van der Waals surface area (Å²) in [6.45, 7) is 0. The first-order valence-corrected chi connectivity index (χ1v) is 6.02. The Morgan fingerprint density at radius 1 is 1.10 bits per heavy atom. The van der Waals surface area contributed by atoms with Gasteiger partial charge in [0.25, 0.3) is 0 Å². The molecule has 0 saturated carbocycles. The maximum Gasteiger partial charge on any atom is 0.417 e. The number of anilines is 2. The van der Waals surface area contributed by atoms with Gasteiger partial charge in [-0.25, -0.2) is 4.39 Å². The molecule has 0 unspecified atom stereocenters. The molecule has 2 aromatic carbocycles. The lowest BCUT2D eigenvalue weighted by Crippen LogP contribution is -2.08. The van der Waals surface area contributed by atoms with Crippen LogP contribution in [0.15, 0.2) is 36.4 Å². The Labute approximate surface area is 122 Å². The third-order valence-corrected chi connectivity index (χ3v) is 2.89. The number of hydrogen-bond acceptors (Lipinski definition) is 2. The molecule has 7 heteroatoms. The van der Waals surface area contributed by atoms with Gasteiger partial charge in [0.2, 0.25) is 0 Å². The largest absolute Gasteiger partial charge is 0.417 e. The van der Waals surface area contributed by atoms with E-state index in [9.17, 15) is 17.6 Å². The van der Waals surface area contributed by atoms with E-state index in [1.807, 2.05) is 0 Å². The normalized spacial score (nSPS) is 11.0. The highest BCUT2D eigenvalue weighted by Crippen LogP contribution is 2.34. The van der Waals surface area contributed by atoms with E-state index < -0.39 is 23.1 Å². The number of nitrogens with zero attached hydrogens (tertiary/aromatic N) is 1. The smallest absolute Gasteiger partial charge is 0.353 e. The lowest BCUT2D eigenvalue weighted by Gasteiger charge is -2.13. The molecule has 0 radical (unpaired) electrons. The molecule has 0 aromatic heterocycles. The van der Waals surface area contributed by atoms with E-state index in [0.29, 0.717) is 0 Å². The Bertz CT molecular complexity index is 720. The van der Waals surface area contributed by atoms with Crippen LogP contribution in [0.3, 0.4) is 0 Å². The maximum atomic E-state index is 13.5. The van der Waals surface area contributed by atoms with Gasteiger partial charge in [-0.3, -0.25) is 0 Å². The predicted molar refractivity (Wildman–Crippen MR) is 70.9 cm³/mol. The summed E-state index contributed by atoms with van der Waals surface area (Å²) in [6, 6.07) is 8.17. The Morgan fingerprint density at radius 2 is 1.81 bits per heavy atom. The molecule has 2 nitrogen and oxygen atoms in total. The van der Waals surface area contributed by atoms with E-state index in [-0.39, 0.29) is 16.4 Å². The summed E-state index contributed by atoms with van der Waals surface area (Å²) in [7, 11) is 0. The molecular formula is C14H7ClF4N2. The molecule has 0 aliphatic heterocycles. The highest BCUT2D eigenvalue weighted by molar-refractivity contribution is 6.30. The number of alkyl halides is 3. The molecule has 2 rings (SSSR count). The fraction of sp³-hybridized carbons (Fsp3) is 0.0714. The number of hydrogen-bond donors (Lipinski definition) is 1. The number of nitrogens with one attached hydrogen (secondary N) is 1. The molecule has 2 aromatic rings. The average Bonchev–Trinajstić information content (AvgIpc) is 2.42. The topological polar surface area (TPSA) is 35.8 Å². The van der Waals surface area contributed by atoms with Crippen LogP contribution in [0.25, 0.3) is 0 Å². The Morgan fingerprint density at radius 3 is 2.43 bits per heavy atom. The zero-order chi connectivity index (χ0) is 15.6. The van der Waals surface area contributed by atoms with Crippen molar-refractivity contribution in [1.29, 1.82) is 5.26 Å². The van der Waals surface area contributed by atoms with Gasteiger partial charge in [-0.2, -0.15) is 18.4 Å². The highest BCUT2D eigenvalue weighted by atomic mass is 35.5. The summed E-state index contributed by atoms with van der Waals surface area (Å²) in [5, 5.41) is 11.4. The molecule has 1 N–H and O–H groups in total. The van der Waals surface area contributed by atoms with Crippen LogP contribution < -0.4 is 5.32 Å². The van der Waals surface area contributed by atoms with E-state index in [1.165, 1.54) is 24.3 Å². The molecule has 0 amide bonds. The minimum atomic E-state index is -4.67. The Balaban J connectivity index is 2.42. The molecule has 0 heterocycles. The summed E-state index contributed by atoms with van der Waals surface area (Å²) >= 11 is 5.70. The quantitative estimate of drug-likeness (QED) is 0.782. The molecule has 0 fully saturated rings. The van der Waals surface area contributed by atoms with E-state index in [4.69, 9.17) is 16.9 Å². The SMILES string of the molecule is N#Cc1ccc(Nc2cc(Cl)ccc2F)cc1C(F)(F)F. The van der Waals surface area contributed by atoms with Crippen molar-refractivity contribution >= 4 is 23.0 Å². The molecule has 0 spiro atoms. The lowest BCUT2D eigenvalue weighted by atomic mass is 10.1. The fourth-order valence-electron chi connectivity index (χ4n) is 1.70. The number of rotatable bonds is 2. The van der Waals surface area contributed by atoms with Gasteiger partial charge in [0.15, 0.2) is 0 Å². The summed E-state index contributed by atoms with van der Waals surface area (Å²) in [4.78, 5) is 0. The third-order valence-electron chi connectivity index (χ3n) is 2.65. The molecular weight excluding hydrogens is 308 g/mol. The minimum Gasteiger partial charge on any atom is -0.353 e. The standard InChI is InChI=1S/C14H7ClF4N2/c15-9-2-4-12(16)13(5-9)21-10-3-1-8(7-20)11(6-10)14(17,18)19/h1-6,21H. The van der Waals surface area contributed by atoms with Gasteiger partial charge in [-0.1, -0.05) is 11.6 Å². The van der Waals surface area contributed by atoms with Gasteiger partial charge in [-0.05, 0) is 36.4 Å². The van der Waals surface area contributed by atoms with Gasteiger partial charge < -0.3 is 5.32 Å². The average molecular weight is 315 g/mol. The van der Waals surface area contributed by atoms with Crippen LogP contribution in [0.1, 0.15) is 11.1 Å². The van der Waals surface area contributed by atoms with E-state index in [1.54, 1.807) is 0 Å². The molecule has 21 heavy (non-hydrogen) atoms. The minimum absolute atomic E-state index is 0.00231. The molecule has 0 aliphatic rings. The van der Waals surface area contributed by atoms with Crippen molar-refractivity contribution in [2.45, 2.75) is 6.18 Å². The molecule has 0 bridgehead atoms. The van der Waals surface area contributed by atoms with Crippen molar-refractivity contribution in [1.82, 2.24) is 0 Å². The van der Waals surface area contributed by atoms with Crippen molar-refractivity contribution < 1.29 is 17.6 Å². The van der Waals surface area contributed by atoms with Crippen LogP contribution in [0, 0.1) is 17.1 Å². The van der Waals surface area contributed by atoms with E-state index in [0.717, 1.165) is 18.2 Å². The maximum absolute atomic E-state index is 13.5. The van der Waals surface area contributed by atoms with Gasteiger partial charge in [0.05, 0.1) is 22.9 Å². The van der Waals surface area contributed by atoms with Crippen molar-refractivity contribution in [3.8, 4) is 6.07 Å². The zero-order valence-corrected chi connectivity index (χ0v) is 11.1. The first kappa shape index (κ1) is 15.1. The van der Waals surface area contributed by atoms with Crippen LogP contribution in [-0.4, -0.2) is 0 Å². The van der Waals surface area contributed by atoms with Crippen LogP contribution >= 0.6 is 11.6 Å². The summed E-state index contributed by atoms with van der Waals surface area (Å²) < 4.78 is 52.0. The molecule has 0 atom stereocenters. The third kappa shape index (κ3) is 3.44. The van der Waals surface area contributed by atoms with Crippen molar-refractivity contribution in [3.63, 3.8) is 0 Å². The van der Waals surface area contributed by atoms with Crippen molar-refractivity contribution in [2.75, 3.05) is 5.32 Å². The monoisotopic (exact) mass is 314 g/mol. The van der Waals surface area contributed by atoms with Gasteiger partial charge >= 0.3 is 6.18 Å². The first-order valence-electron chi connectivity index (χ1n) is 5.64. The molecule has 0 aliphatic carbocycles. The zero-order valence-electron chi connectivity index (χ0n) is 10.3. The Kier molecular flexibility index (Phi) is 4.05. The number of halogens is 5. The van der Waals surface area contributed by atoms with Crippen LogP contribution in [0.5, 0.6) is 0 Å². The number of benzene rings is 2. The number of nitriles is 1. The second-order valence-electron chi connectivity index (χ2n) is 4.12. The first-order chi connectivity index (χ1) is 9.81. The van der Waals surface area contributed by atoms with Crippen LogP contribution in [-0.2, 0) is 6.18 Å². The van der Waals surface area contributed by atoms with Crippen molar-refractivity contribution in [3.05, 3.63) is 58.4 Å². The lowest BCUT2D eigenvalue weighted by molar-refractivity contribution is -0.137. The fourth-order valence-corrected chi connectivity index (χ4v) is 1.87. The van der Waals surface area contributed by atoms with Gasteiger partial charge in [-0.15, -0.1) is 0 Å². The Hall–Kier alpha value is -2.26. The summed E-state index contributed by atoms with van der Waals surface area (Å²) in [6.07, 6.45) is -4.67. The molecule has 0 saturated heterocycles. The highest BCUT2D eigenvalue weighted by Gasteiger charge is 2.33.